The Hall–Kier alpha value is -1.25. The number of pyridine rings is 1. The zero-order chi connectivity index (χ0) is 9.10. The largest absolute Gasteiger partial charge is 0.495 e. The van der Waals surface area contributed by atoms with Crippen LogP contribution in [0.25, 0.3) is 0 Å². The first-order valence-corrected chi connectivity index (χ1v) is 4.62. The maximum Gasteiger partial charge on any atom is 0.137 e. The SMILES string of the molecule is COc1ccc(NCC2CC2)nc1. The average Bonchev–Trinajstić information content (AvgIpc) is 2.99. The number of anilines is 1. The summed E-state index contributed by atoms with van der Waals surface area (Å²) in [6.07, 6.45) is 4.46. The number of nitrogens with one attached hydrogen (secondary N) is 1. The Labute approximate surface area is 78.1 Å². The van der Waals surface area contributed by atoms with Crippen molar-refractivity contribution in [1.82, 2.24) is 4.98 Å². The molecule has 3 heteroatoms. The molecule has 1 aromatic heterocycles. The third-order valence-electron chi connectivity index (χ3n) is 2.24. The van der Waals surface area contributed by atoms with Crippen molar-refractivity contribution in [2.24, 2.45) is 5.92 Å². The molecule has 0 aromatic carbocycles. The molecule has 0 spiro atoms. The van der Waals surface area contributed by atoms with Gasteiger partial charge in [0, 0.05) is 6.54 Å². The van der Waals surface area contributed by atoms with Gasteiger partial charge in [-0.3, -0.25) is 0 Å². The summed E-state index contributed by atoms with van der Waals surface area (Å²) < 4.78 is 5.02. The zero-order valence-corrected chi connectivity index (χ0v) is 7.79. The summed E-state index contributed by atoms with van der Waals surface area (Å²) >= 11 is 0. The van der Waals surface area contributed by atoms with Crippen molar-refractivity contribution in [2.75, 3.05) is 19.0 Å². The Bertz CT molecular complexity index is 267. The first-order valence-electron chi connectivity index (χ1n) is 4.62. The van der Waals surface area contributed by atoms with Gasteiger partial charge >= 0.3 is 0 Å². The first-order chi connectivity index (χ1) is 6.38. The van der Waals surface area contributed by atoms with E-state index in [9.17, 15) is 0 Å². The van der Waals surface area contributed by atoms with Gasteiger partial charge in [0.25, 0.3) is 0 Å². The van der Waals surface area contributed by atoms with Crippen molar-refractivity contribution in [3.05, 3.63) is 18.3 Å². The maximum atomic E-state index is 5.02. The number of methoxy groups -OCH3 is 1. The van der Waals surface area contributed by atoms with Crippen LogP contribution in [-0.4, -0.2) is 18.6 Å². The highest BCUT2D eigenvalue weighted by molar-refractivity contribution is 5.37. The lowest BCUT2D eigenvalue weighted by atomic mass is 10.4. The molecule has 0 unspecified atom stereocenters. The van der Waals surface area contributed by atoms with Crippen LogP contribution in [-0.2, 0) is 0 Å². The minimum absolute atomic E-state index is 0.803. The second-order valence-corrected chi connectivity index (χ2v) is 3.41. The van der Waals surface area contributed by atoms with E-state index in [1.54, 1.807) is 13.3 Å². The molecule has 0 radical (unpaired) electrons. The number of ether oxygens (including phenoxy) is 1. The third-order valence-corrected chi connectivity index (χ3v) is 2.24. The smallest absolute Gasteiger partial charge is 0.137 e. The summed E-state index contributed by atoms with van der Waals surface area (Å²) in [5, 5.41) is 3.29. The lowest BCUT2D eigenvalue weighted by Crippen LogP contribution is -2.04. The minimum Gasteiger partial charge on any atom is -0.495 e. The van der Waals surface area contributed by atoms with Crippen LogP contribution >= 0.6 is 0 Å². The van der Waals surface area contributed by atoms with Crippen molar-refractivity contribution < 1.29 is 4.74 Å². The molecule has 0 atom stereocenters. The van der Waals surface area contributed by atoms with E-state index in [-0.39, 0.29) is 0 Å². The van der Waals surface area contributed by atoms with Gasteiger partial charge in [0.2, 0.25) is 0 Å². The number of hydrogen-bond donors (Lipinski definition) is 1. The van der Waals surface area contributed by atoms with E-state index in [0.29, 0.717) is 0 Å². The van der Waals surface area contributed by atoms with E-state index < -0.39 is 0 Å². The maximum absolute atomic E-state index is 5.02. The molecule has 1 saturated carbocycles. The third kappa shape index (κ3) is 2.34. The summed E-state index contributed by atoms with van der Waals surface area (Å²) in [6, 6.07) is 3.86. The fourth-order valence-electron chi connectivity index (χ4n) is 1.18. The molecule has 13 heavy (non-hydrogen) atoms. The number of hydrogen-bond acceptors (Lipinski definition) is 3. The van der Waals surface area contributed by atoms with Crippen LogP contribution in [0.5, 0.6) is 5.75 Å². The van der Waals surface area contributed by atoms with Crippen molar-refractivity contribution in [3.8, 4) is 5.75 Å². The molecule has 1 N–H and O–H groups in total. The molecule has 1 heterocycles. The van der Waals surface area contributed by atoms with Crippen molar-refractivity contribution in [3.63, 3.8) is 0 Å². The van der Waals surface area contributed by atoms with Crippen LogP contribution in [0.1, 0.15) is 12.8 Å². The van der Waals surface area contributed by atoms with E-state index in [1.165, 1.54) is 12.8 Å². The van der Waals surface area contributed by atoms with Gasteiger partial charge in [-0.1, -0.05) is 0 Å². The normalized spacial score (nSPS) is 15.5. The van der Waals surface area contributed by atoms with Gasteiger partial charge in [0.15, 0.2) is 0 Å². The van der Waals surface area contributed by atoms with Crippen LogP contribution in [0, 0.1) is 5.92 Å². The molecule has 0 saturated heterocycles. The van der Waals surface area contributed by atoms with Crippen molar-refractivity contribution >= 4 is 5.82 Å². The highest BCUT2D eigenvalue weighted by Crippen LogP contribution is 2.28. The standard InChI is InChI=1S/C10H14N2O/c1-13-9-4-5-10(12-7-9)11-6-8-2-3-8/h4-5,7-8H,2-3,6H2,1H3,(H,11,12). The van der Waals surface area contributed by atoms with E-state index in [4.69, 9.17) is 4.74 Å². The predicted octanol–water partition coefficient (Wildman–Crippen LogP) is 1.91. The minimum atomic E-state index is 0.803. The molecular weight excluding hydrogens is 164 g/mol. The molecule has 1 aromatic rings. The fourth-order valence-corrected chi connectivity index (χ4v) is 1.18. The molecular formula is C10H14N2O. The summed E-state index contributed by atoms with van der Waals surface area (Å²) in [5.41, 5.74) is 0. The number of aromatic nitrogens is 1. The van der Waals surface area contributed by atoms with Crippen molar-refractivity contribution in [2.45, 2.75) is 12.8 Å². The summed E-state index contributed by atoms with van der Waals surface area (Å²) in [5.74, 6) is 2.62. The lowest BCUT2D eigenvalue weighted by Gasteiger charge is -2.04. The number of nitrogens with zero attached hydrogens (tertiary/aromatic N) is 1. The molecule has 1 aliphatic carbocycles. The Morgan fingerprint density at radius 1 is 1.54 bits per heavy atom. The van der Waals surface area contributed by atoms with E-state index >= 15 is 0 Å². The van der Waals surface area contributed by atoms with Gasteiger partial charge in [-0.25, -0.2) is 4.98 Å². The Kier molecular flexibility index (Phi) is 2.34. The first kappa shape index (κ1) is 8.35. The molecule has 0 aliphatic heterocycles. The van der Waals surface area contributed by atoms with Crippen LogP contribution in [0.2, 0.25) is 0 Å². The van der Waals surface area contributed by atoms with Gasteiger partial charge in [0.05, 0.1) is 13.3 Å². The second kappa shape index (κ2) is 3.64. The topological polar surface area (TPSA) is 34.1 Å². The average molecular weight is 178 g/mol. The van der Waals surface area contributed by atoms with Crippen LogP contribution in [0.3, 0.4) is 0 Å². The quantitative estimate of drug-likeness (QED) is 0.764. The van der Waals surface area contributed by atoms with Crippen LogP contribution < -0.4 is 10.1 Å². The van der Waals surface area contributed by atoms with Crippen LogP contribution in [0.15, 0.2) is 18.3 Å². The van der Waals surface area contributed by atoms with Gasteiger partial charge in [-0.15, -0.1) is 0 Å². The van der Waals surface area contributed by atoms with Crippen molar-refractivity contribution in [1.29, 1.82) is 0 Å². The molecule has 3 nitrogen and oxygen atoms in total. The second-order valence-electron chi connectivity index (χ2n) is 3.41. The molecule has 0 amide bonds. The lowest BCUT2D eigenvalue weighted by molar-refractivity contribution is 0.413. The Balaban J connectivity index is 1.88. The monoisotopic (exact) mass is 178 g/mol. The molecule has 1 aliphatic rings. The number of rotatable bonds is 4. The van der Waals surface area contributed by atoms with Gasteiger partial charge in [0.1, 0.15) is 11.6 Å². The molecule has 1 fully saturated rings. The summed E-state index contributed by atoms with van der Waals surface area (Å²) in [7, 11) is 1.65. The Morgan fingerprint density at radius 2 is 2.38 bits per heavy atom. The predicted molar refractivity (Wildman–Crippen MR) is 52.0 cm³/mol. The fraction of sp³-hybridized carbons (Fsp3) is 0.500. The Morgan fingerprint density at radius 3 is 2.92 bits per heavy atom. The molecule has 0 bridgehead atoms. The molecule has 70 valence electrons. The molecule has 2 rings (SSSR count). The van der Waals surface area contributed by atoms with E-state index in [1.807, 2.05) is 12.1 Å². The van der Waals surface area contributed by atoms with Crippen LogP contribution in [0.4, 0.5) is 5.82 Å². The highest BCUT2D eigenvalue weighted by atomic mass is 16.5. The summed E-state index contributed by atoms with van der Waals surface area (Å²) in [4.78, 5) is 4.21. The zero-order valence-electron chi connectivity index (χ0n) is 7.79. The van der Waals surface area contributed by atoms with Gasteiger partial charge in [-0.2, -0.15) is 0 Å². The van der Waals surface area contributed by atoms with E-state index in [2.05, 4.69) is 10.3 Å². The van der Waals surface area contributed by atoms with E-state index in [0.717, 1.165) is 24.0 Å². The van der Waals surface area contributed by atoms with Gasteiger partial charge < -0.3 is 10.1 Å². The highest BCUT2D eigenvalue weighted by Gasteiger charge is 2.20. The summed E-state index contributed by atoms with van der Waals surface area (Å²) in [6.45, 7) is 1.05. The van der Waals surface area contributed by atoms with Gasteiger partial charge in [-0.05, 0) is 30.9 Å².